The monoisotopic (exact) mass is 269 g/mol. The third-order valence-electron chi connectivity index (χ3n) is 3.26. The number of likely N-dealkylation sites (N-methyl/N-ethyl adjacent to an activating group) is 1. The van der Waals surface area contributed by atoms with Crippen LogP contribution >= 0.6 is 0 Å². The quantitative estimate of drug-likeness (QED) is 0.669. The number of imide groups is 1. The zero-order valence-electron chi connectivity index (χ0n) is 11.3. The molecule has 2 saturated heterocycles. The molecule has 0 spiro atoms. The molecule has 8 nitrogen and oxygen atoms in total. The first kappa shape index (κ1) is 13.6. The fraction of sp³-hybridized carbons (Fsp3) is 0.727. The second-order valence-electron chi connectivity index (χ2n) is 4.42. The molecule has 106 valence electrons. The lowest BCUT2D eigenvalue weighted by atomic mass is 10.1. The van der Waals surface area contributed by atoms with Gasteiger partial charge in [-0.1, -0.05) is 0 Å². The molecule has 19 heavy (non-hydrogen) atoms. The van der Waals surface area contributed by atoms with Gasteiger partial charge in [-0.3, -0.25) is 15.1 Å². The second-order valence-corrected chi connectivity index (χ2v) is 4.42. The number of hydrogen-bond acceptors (Lipinski definition) is 4. The van der Waals surface area contributed by atoms with Gasteiger partial charge in [0.2, 0.25) is 0 Å². The lowest BCUT2D eigenvalue weighted by Gasteiger charge is -2.35. The molecule has 2 N–H and O–H groups in total. The Morgan fingerprint density at radius 2 is 2.16 bits per heavy atom. The van der Waals surface area contributed by atoms with E-state index in [1.165, 1.54) is 4.90 Å². The number of hydrogen-bond donors (Lipinski definition) is 2. The van der Waals surface area contributed by atoms with Crippen molar-refractivity contribution in [2.75, 3.05) is 33.9 Å². The zero-order chi connectivity index (χ0) is 14.0. The highest BCUT2D eigenvalue weighted by atomic mass is 16.5. The van der Waals surface area contributed by atoms with Gasteiger partial charge in [0.25, 0.3) is 5.91 Å². The van der Waals surface area contributed by atoms with Crippen LogP contribution in [0.3, 0.4) is 0 Å². The Morgan fingerprint density at radius 3 is 2.79 bits per heavy atom. The number of amides is 3. The van der Waals surface area contributed by atoms with Gasteiger partial charge in [0, 0.05) is 27.2 Å². The standard InChI is InChI=1S/C11H19N5O3/c1-4-12-10-13-8-7(16(10)5-6-19-3)9(17)14-11(18)15(8)2/h7-8H,4-6H2,1-3H3,(H,12,13)(H,14,17,18). The molecular weight excluding hydrogens is 250 g/mol. The lowest BCUT2D eigenvalue weighted by molar-refractivity contribution is -0.127. The first-order valence-corrected chi connectivity index (χ1v) is 6.24. The molecule has 0 aromatic carbocycles. The molecule has 0 aliphatic carbocycles. The van der Waals surface area contributed by atoms with Crippen molar-refractivity contribution in [1.29, 1.82) is 0 Å². The van der Waals surface area contributed by atoms with E-state index in [4.69, 9.17) is 4.74 Å². The highest BCUT2D eigenvalue weighted by molar-refractivity contribution is 6.04. The predicted octanol–water partition coefficient (Wildman–Crippen LogP) is -1.21. The molecule has 0 aromatic rings. The van der Waals surface area contributed by atoms with E-state index in [1.807, 2.05) is 11.8 Å². The first-order chi connectivity index (χ1) is 9.10. The summed E-state index contributed by atoms with van der Waals surface area (Å²) < 4.78 is 5.06. The van der Waals surface area contributed by atoms with Crippen LogP contribution < -0.4 is 10.6 Å². The van der Waals surface area contributed by atoms with Crippen molar-refractivity contribution in [1.82, 2.24) is 20.4 Å². The Morgan fingerprint density at radius 1 is 1.42 bits per heavy atom. The van der Waals surface area contributed by atoms with Gasteiger partial charge in [0.05, 0.1) is 6.61 Å². The van der Waals surface area contributed by atoms with Crippen molar-refractivity contribution in [3.8, 4) is 0 Å². The molecule has 0 bridgehead atoms. The van der Waals surface area contributed by atoms with Gasteiger partial charge in [0.1, 0.15) is 6.17 Å². The molecule has 0 saturated carbocycles. The fourth-order valence-corrected chi connectivity index (χ4v) is 2.30. The summed E-state index contributed by atoms with van der Waals surface area (Å²) in [6, 6.07) is -0.869. The van der Waals surface area contributed by atoms with Crippen LogP contribution in [-0.4, -0.2) is 73.8 Å². The number of nitrogens with one attached hydrogen (secondary N) is 2. The largest absolute Gasteiger partial charge is 0.383 e. The summed E-state index contributed by atoms with van der Waals surface area (Å²) in [7, 11) is 3.25. The third kappa shape index (κ3) is 2.35. The Hall–Kier alpha value is -1.83. The molecule has 2 rings (SSSR count). The van der Waals surface area contributed by atoms with E-state index >= 15 is 0 Å². The molecule has 2 fully saturated rings. The zero-order valence-corrected chi connectivity index (χ0v) is 11.3. The maximum absolute atomic E-state index is 12.0. The second kappa shape index (κ2) is 5.43. The Labute approximate surface area is 111 Å². The normalized spacial score (nSPS) is 28.5. The van der Waals surface area contributed by atoms with Gasteiger partial charge in [-0.05, 0) is 6.92 Å². The summed E-state index contributed by atoms with van der Waals surface area (Å²) in [5, 5.41) is 5.47. The Kier molecular flexibility index (Phi) is 3.89. The van der Waals surface area contributed by atoms with Crippen molar-refractivity contribution in [2.24, 2.45) is 4.99 Å². The molecule has 0 radical (unpaired) electrons. The molecule has 2 atom stereocenters. The number of carbonyl (C=O) groups excluding carboxylic acids is 2. The highest BCUT2D eigenvalue weighted by Crippen LogP contribution is 2.20. The number of guanidine groups is 1. The lowest BCUT2D eigenvalue weighted by Crippen LogP contribution is -2.65. The highest BCUT2D eigenvalue weighted by Gasteiger charge is 2.49. The van der Waals surface area contributed by atoms with Crippen LogP contribution in [0.2, 0.25) is 0 Å². The number of ether oxygens (including phenoxy) is 1. The van der Waals surface area contributed by atoms with E-state index in [2.05, 4.69) is 15.6 Å². The number of carbonyl (C=O) groups is 2. The van der Waals surface area contributed by atoms with Crippen LogP contribution in [0, 0.1) is 0 Å². The van der Waals surface area contributed by atoms with E-state index in [1.54, 1.807) is 14.2 Å². The Balaban J connectivity index is 2.26. The predicted molar refractivity (Wildman–Crippen MR) is 68.6 cm³/mol. The minimum atomic E-state index is -0.469. The summed E-state index contributed by atoms with van der Waals surface area (Å²) in [6.45, 7) is 3.54. The maximum Gasteiger partial charge on any atom is 0.325 e. The number of methoxy groups -OCH3 is 1. The van der Waals surface area contributed by atoms with E-state index in [0.29, 0.717) is 25.7 Å². The van der Waals surface area contributed by atoms with Gasteiger partial charge in [-0.15, -0.1) is 0 Å². The summed E-state index contributed by atoms with van der Waals surface area (Å²) in [5.41, 5.74) is 0. The summed E-state index contributed by atoms with van der Waals surface area (Å²) >= 11 is 0. The van der Waals surface area contributed by atoms with Crippen molar-refractivity contribution >= 4 is 17.9 Å². The van der Waals surface area contributed by atoms with Crippen LogP contribution in [0.25, 0.3) is 0 Å². The summed E-state index contributed by atoms with van der Waals surface area (Å²) in [4.78, 5) is 31.3. The van der Waals surface area contributed by atoms with Crippen molar-refractivity contribution in [3.05, 3.63) is 0 Å². The summed E-state index contributed by atoms with van der Waals surface area (Å²) in [5.74, 6) is 0.323. The molecule has 3 amide bonds. The number of urea groups is 1. The van der Waals surface area contributed by atoms with Gasteiger partial charge in [-0.25, -0.2) is 4.79 Å². The van der Waals surface area contributed by atoms with Crippen LogP contribution in [0.15, 0.2) is 4.99 Å². The fourth-order valence-electron chi connectivity index (χ4n) is 2.30. The molecule has 8 heteroatoms. The Bertz CT molecular complexity index is 411. The molecule has 2 unspecified atom stereocenters. The molecule has 2 aliphatic rings. The van der Waals surface area contributed by atoms with Crippen LogP contribution in [0.5, 0.6) is 0 Å². The van der Waals surface area contributed by atoms with E-state index in [9.17, 15) is 9.59 Å². The van der Waals surface area contributed by atoms with Crippen molar-refractivity contribution < 1.29 is 14.3 Å². The minimum absolute atomic E-state index is 0.307. The molecular formula is C11H19N5O3. The average Bonchev–Trinajstić information content (AvgIpc) is 2.73. The van der Waals surface area contributed by atoms with Gasteiger partial charge < -0.3 is 19.9 Å². The van der Waals surface area contributed by atoms with Crippen molar-refractivity contribution in [2.45, 2.75) is 19.1 Å². The van der Waals surface area contributed by atoms with E-state index in [0.717, 1.165) is 0 Å². The van der Waals surface area contributed by atoms with E-state index in [-0.39, 0.29) is 12.1 Å². The molecule has 2 heterocycles. The summed E-state index contributed by atoms with van der Waals surface area (Å²) in [6.07, 6.45) is -0.386. The maximum atomic E-state index is 12.0. The number of aliphatic imine (C=N–C) groups is 1. The average molecular weight is 269 g/mol. The number of rotatable bonds is 4. The number of fused-ring (bicyclic) bond motifs is 1. The van der Waals surface area contributed by atoms with E-state index < -0.39 is 12.1 Å². The van der Waals surface area contributed by atoms with Gasteiger partial charge in [0.15, 0.2) is 12.0 Å². The van der Waals surface area contributed by atoms with Crippen molar-refractivity contribution in [3.63, 3.8) is 0 Å². The number of nitrogens with zero attached hydrogens (tertiary/aromatic N) is 3. The van der Waals surface area contributed by atoms with Gasteiger partial charge >= 0.3 is 6.03 Å². The molecule has 0 aromatic heterocycles. The third-order valence-corrected chi connectivity index (χ3v) is 3.26. The van der Waals surface area contributed by atoms with Crippen LogP contribution in [0.1, 0.15) is 6.92 Å². The first-order valence-electron chi connectivity index (χ1n) is 6.24. The smallest absolute Gasteiger partial charge is 0.325 e. The molecule has 2 aliphatic heterocycles. The van der Waals surface area contributed by atoms with Crippen LogP contribution in [-0.2, 0) is 9.53 Å². The van der Waals surface area contributed by atoms with Crippen LogP contribution in [0.4, 0.5) is 4.79 Å². The topological polar surface area (TPSA) is 86.3 Å². The minimum Gasteiger partial charge on any atom is -0.383 e. The van der Waals surface area contributed by atoms with Gasteiger partial charge in [-0.2, -0.15) is 0 Å². The SMILES string of the molecule is CCN=C1NC2C(C(=O)NC(=O)N2C)N1CCOC.